The molecule has 3 aromatic heterocycles. The highest BCUT2D eigenvalue weighted by Crippen LogP contribution is 2.26. The van der Waals surface area contributed by atoms with Gasteiger partial charge in [-0.25, -0.2) is 14.5 Å². The van der Waals surface area contributed by atoms with E-state index in [-0.39, 0.29) is 0 Å². The molecule has 1 atom stereocenters. The molecule has 0 aromatic carbocycles. The number of aromatic nitrogens is 3. The molecule has 5 heteroatoms. The molecule has 0 aliphatic carbocycles. The van der Waals surface area contributed by atoms with E-state index in [4.69, 9.17) is 9.40 Å². The second-order valence-electron chi connectivity index (χ2n) is 6.61. The predicted molar refractivity (Wildman–Crippen MR) is 89.7 cm³/mol. The lowest BCUT2D eigenvalue weighted by Gasteiger charge is -2.20. The number of imidazole rings is 1. The van der Waals surface area contributed by atoms with Gasteiger partial charge in [0.2, 0.25) is 5.88 Å². The van der Waals surface area contributed by atoms with Gasteiger partial charge in [-0.05, 0) is 50.9 Å². The predicted octanol–water partition coefficient (Wildman–Crippen LogP) is 3.29. The summed E-state index contributed by atoms with van der Waals surface area (Å²) in [5.74, 6) is 2.48. The Morgan fingerprint density at radius 1 is 1.30 bits per heavy atom. The van der Waals surface area contributed by atoms with E-state index in [1.165, 1.54) is 13.0 Å². The van der Waals surface area contributed by atoms with E-state index in [1.807, 2.05) is 30.5 Å². The van der Waals surface area contributed by atoms with E-state index in [0.29, 0.717) is 12.0 Å². The number of rotatable bonds is 4. The highest BCUT2D eigenvalue weighted by molar-refractivity contribution is 5.73. The number of likely N-dealkylation sites (tertiary alicyclic amines) is 1. The van der Waals surface area contributed by atoms with Crippen molar-refractivity contribution in [1.82, 2.24) is 19.4 Å². The lowest BCUT2D eigenvalue weighted by atomic mass is 10.0. The first-order valence-electron chi connectivity index (χ1n) is 8.32. The molecule has 1 unspecified atom stereocenters. The van der Waals surface area contributed by atoms with Gasteiger partial charge in [-0.15, -0.1) is 0 Å². The monoisotopic (exact) mass is 310 g/mol. The topological polar surface area (TPSA) is 47.1 Å². The number of nitrogens with zero attached hydrogens (tertiary/aromatic N) is 4. The smallest absolute Gasteiger partial charge is 0.206 e. The summed E-state index contributed by atoms with van der Waals surface area (Å²) in [4.78, 5) is 11.9. The van der Waals surface area contributed by atoms with Gasteiger partial charge in [0.1, 0.15) is 11.3 Å². The van der Waals surface area contributed by atoms with Crippen LogP contribution in [0.1, 0.15) is 26.1 Å². The molecule has 1 saturated heterocycles. The van der Waals surface area contributed by atoms with Gasteiger partial charge in [0.25, 0.3) is 0 Å². The molecule has 0 amide bonds. The quantitative estimate of drug-likeness (QED) is 0.742. The Balaban J connectivity index is 1.69. The van der Waals surface area contributed by atoms with Crippen LogP contribution in [0.15, 0.2) is 41.1 Å². The summed E-state index contributed by atoms with van der Waals surface area (Å²) in [7, 11) is 0. The zero-order chi connectivity index (χ0) is 15.8. The second-order valence-corrected chi connectivity index (χ2v) is 6.61. The van der Waals surface area contributed by atoms with Crippen molar-refractivity contribution in [3.63, 3.8) is 0 Å². The van der Waals surface area contributed by atoms with Crippen molar-refractivity contribution in [3.8, 4) is 5.88 Å². The van der Waals surface area contributed by atoms with Gasteiger partial charge in [-0.1, -0.05) is 0 Å². The Morgan fingerprint density at radius 2 is 2.22 bits per heavy atom. The van der Waals surface area contributed by atoms with Crippen LogP contribution in [-0.2, 0) is 6.42 Å². The third-order valence-corrected chi connectivity index (χ3v) is 4.73. The normalized spacial score (nSPS) is 19.2. The Morgan fingerprint density at radius 3 is 2.96 bits per heavy atom. The summed E-state index contributed by atoms with van der Waals surface area (Å²) < 4.78 is 7.69. The van der Waals surface area contributed by atoms with E-state index in [0.717, 1.165) is 35.8 Å². The first-order valence-corrected chi connectivity index (χ1v) is 8.32. The number of furan rings is 1. The minimum Gasteiger partial charge on any atom is -0.448 e. The molecule has 120 valence electrons. The maximum atomic E-state index is 5.62. The zero-order valence-electron chi connectivity index (χ0n) is 13.6. The van der Waals surface area contributed by atoms with Crippen LogP contribution in [0, 0.1) is 5.92 Å². The summed E-state index contributed by atoms with van der Waals surface area (Å²) in [6.07, 6.45) is 5.69. The van der Waals surface area contributed by atoms with Crippen LogP contribution in [0.2, 0.25) is 0 Å². The molecule has 0 spiro atoms. The summed E-state index contributed by atoms with van der Waals surface area (Å²) >= 11 is 0. The molecular weight excluding hydrogens is 288 g/mol. The lowest BCUT2D eigenvalue weighted by molar-refractivity contribution is 0.264. The molecule has 0 bridgehead atoms. The van der Waals surface area contributed by atoms with Crippen molar-refractivity contribution < 1.29 is 4.42 Å². The van der Waals surface area contributed by atoms with E-state index in [9.17, 15) is 0 Å². The first kappa shape index (κ1) is 14.5. The van der Waals surface area contributed by atoms with E-state index in [2.05, 4.69) is 28.3 Å². The van der Waals surface area contributed by atoms with Gasteiger partial charge in [0.05, 0.1) is 6.26 Å². The SMILES string of the molecule is CC(C)N1CCC(Cc2nc3cccnc3n2-c2ccco2)C1. The van der Waals surface area contributed by atoms with Crippen molar-refractivity contribution in [2.45, 2.75) is 32.7 Å². The van der Waals surface area contributed by atoms with Crippen LogP contribution in [0.25, 0.3) is 17.0 Å². The third-order valence-electron chi connectivity index (χ3n) is 4.73. The fraction of sp³-hybridized carbons (Fsp3) is 0.444. The molecular formula is C18H22N4O. The van der Waals surface area contributed by atoms with Crippen molar-refractivity contribution in [3.05, 3.63) is 42.5 Å². The molecule has 23 heavy (non-hydrogen) atoms. The van der Waals surface area contributed by atoms with Gasteiger partial charge in [0.15, 0.2) is 5.65 Å². The number of pyridine rings is 1. The average Bonchev–Trinajstić information content (AvgIpc) is 3.25. The van der Waals surface area contributed by atoms with Crippen LogP contribution in [0.4, 0.5) is 0 Å². The van der Waals surface area contributed by atoms with Crippen LogP contribution in [-0.4, -0.2) is 38.6 Å². The Bertz CT molecular complexity index is 791. The Labute approximate surface area is 135 Å². The molecule has 4 rings (SSSR count). The number of hydrogen-bond donors (Lipinski definition) is 0. The van der Waals surface area contributed by atoms with Crippen molar-refractivity contribution in [2.24, 2.45) is 5.92 Å². The highest BCUT2D eigenvalue weighted by Gasteiger charge is 2.27. The second kappa shape index (κ2) is 5.81. The van der Waals surface area contributed by atoms with E-state index >= 15 is 0 Å². The largest absolute Gasteiger partial charge is 0.448 e. The molecule has 5 nitrogen and oxygen atoms in total. The number of fused-ring (bicyclic) bond motifs is 1. The van der Waals surface area contributed by atoms with Crippen LogP contribution in [0.3, 0.4) is 0 Å². The van der Waals surface area contributed by atoms with Gasteiger partial charge < -0.3 is 9.32 Å². The van der Waals surface area contributed by atoms with Crippen molar-refractivity contribution in [2.75, 3.05) is 13.1 Å². The minimum atomic E-state index is 0.616. The fourth-order valence-electron chi connectivity index (χ4n) is 3.48. The van der Waals surface area contributed by atoms with Gasteiger partial charge >= 0.3 is 0 Å². The van der Waals surface area contributed by atoms with E-state index < -0.39 is 0 Å². The molecule has 0 N–H and O–H groups in total. The van der Waals surface area contributed by atoms with Crippen molar-refractivity contribution in [1.29, 1.82) is 0 Å². The number of hydrogen-bond acceptors (Lipinski definition) is 4. The average molecular weight is 310 g/mol. The summed E-state index contributed by atoms with van der Waals surface area (Å²) in [5.41, 5.74) is 1.80. The lowest BCUT2D eigenvalue weighted by Crippen LogP contribution is -2.28. The Hall–Kier alpha value is -2.14. The highest BCUT2D eigenvalue weighted by atomic mass is 16.3. The fourth-order valence-corrected chi connectivity index (χ4v) is 3.48. The first-order chi connectivity index (χ1) is 11.2. The van der Waals surface area contributed by atoms with Gasteiger partial charge in [-0.2, -0.15) is 0 Å². The maximum Gasteiger partial charge on any atom is 0.206 e. The van der Waals surface area contributed by atoms with Gasteiger partial charge in [0, 0.05) is 31.3 Å². The maximum absolute atomic E-state index is 5.62. The zero-order valence-corrected chi connectivity index (χ0v) is 13.6. The molecule has 0 saturated carbocycles. The van der Waals surface area contributed by atoms with E-state index in [1.54, 1.807) is 6.26 Å². The van der Waals surface area contributed by atoms with Gasteiger partial charge in [-0.3, -0.25) is 0 Å². The molecule has 1 aliphatic rings. The summed E-state index contributed by atoms with van der Waals surface area (Å²) in [6.45, 7) is 6.86. The van der Waals surface area contributed by atoms with Crippen LogP contribution < -0.4 is 0 Å². The van der Waals surface area contributed by atoms with Crippen LogP contribution >= 0.6 is 0 Å². The molecule has 0 radical (unpaired) electrons. The summed E-state index contributed by atoms with van der Waals surface area (Å²) in [5, 5.41) is 0. The molecule has 3 aromatic rings. The van der Waals surface area contributed by atoms with Crippen LogP contribution in [0.5, 0.6) is 0 Å². The standard InChI is InChI=1S/C18H22N4O/c1-13(2)21-9-7-14(12-21)11-16-20-15-5-3-8-19-18(15)22(16)17-6-4-10-23-17/h3-6,8,10,13-14H,7,9,11-12H2,1-2H3. The molecule has 4 heterocycles. The molecule has 1 fully saturated rings. The summed E-state index contributed by atoms with van der Waals surface area (Å²) in [6, 6.07) is 8.44. The Kier molecular flexibility index (Phi) is 3.65. The third kappa shape index (κ3) is 2.65. The molecule has 1 aliphatic heterocycles. The van der Waals surface area contributed by atoms with Crippen molar-refractivity contribution >= 4 is 11.2 Å². The minimum absolute atomic E-state index is 0.616.